The molecule has 0 heterocycles. The highest BCUT2D eigenvalue weighted by Crippen LogP contribution is 2.41. The van der Waals surface area contributed by atoms with E-state index in [9.17, 15) is 0 Å². The number of hydrogen-bond donors (Lipinski definition) is 1. The molecule has 22 heavy (non-hydrogen) atoms. The van der Waals surface area contributed by atoms with Crippen LogP contribution in [0.15, 0.2) is 12.1 Å². The number of aryl methyl sites for hydroxylation is 1. The van der Waals surface area contributed by atoms with E-state index >= 15 is 0 Å². The van der Waals surface area contributed by atoms with Gasteiger partial charge in [-0.1, -0.05) is 26.8 Å². The Labute approximate surface area is 134 Å². The SMILES string of the molecule is CCCOc1ccc(CCCN)c(OCCC)c1OCCC. The van der Waals surface area contributed by atoms with E-state index in [1.807, 2.05) is 6.07 Å². The van der Waals surface area contributed by atoms with Crippen molar-refractivity contribution >= 4 is 0 Å². The molecule has 0 aliphatic rings. The Kier molecular flexibility index (Phi) is 9.47. The van der Waals surface area contributed by atoms with Crippen molar-refractivity contribution in [2.75, 3.05) is 26.4 Å². The van der Waals surface area contributed by atoms with Gasteiger partial charge in [0.25, 0.3) is 0 Å². The van der Waals surface area contributed by atoms with Crippen LogP contribution in [-0.2, 0) is 6.42 Å². The maximum atomic E-state index is 5.99. The van der Waals surface area contributed by atoms with Gasteiger partial charge in [-0.15, -0.1) is 0 Å². The molecule has 1 aromatic carbocycles. The minimum Gasteiger partial charge on any atom is -0.490 e. The number of benzene rings is 1. The molecule has 0 radical (unpaired) electrons. The Morgan fingerprint density at radius 1 is 0.818 bits per heavy atom. The van der Waals surface area contributed by atoms with Crippen molar-refractivity contribution in [3.63, 3.8) is 0 Å². The summed E-state index contributed by atoms with van der Waals surface area (Å²) in [5.41, 5.74) is 6.79. The predicted octanol–water partition coefficient (Wildman–Crippen LogP) is 3.94. The Hall–Kier alpha value is -1.42. The summed E-state index contributed by atoms with van der Waals surface area (Å²) in [4.78, 5) is 0. The predicted molar refractivity (Wildman–Crippen MR) is 91.2 cm³/mol. The van der Waals surface area contributed by atoms with Crippen molar-refractivity contribution in [2.45, 2.75) is 52.9 Å². The van der Waals surface area contributed by atoms with Gasteiger partial charge in [-0.3, -0.25) is 0 Å². The summed E-state index contributed by atoms with van der Waals surface area (Å²) < 4.78 is 17.8. The molecular weight excluding hydrogens is 278 g/mol. The Morgan fingerprint density at radius 3 is 2.00 bits per heavy atom. The van der Waals surface area contributed by atoms with Crippen LogP contribution in [0.25, 0.3) is 0 Å². The molecule has 0 aromatic heterocycles. The first-order chi connectivity index (χ1) is 10.8. The van der Waals surface area contributed by atoms with Gasteiger partial charge in [0.05, 0.1) is 19.8 Å². The zero-order chi connectivity index (χ0) is 16.2. The summed E-state index contributed by atoms with van der Waals surface area (Å²) in [6, 6.07) is 4.07. The number of ether oxygens (including phenoxy) is 3. The molecule has 0 fully saturated rings. The van der Waals surface area contributed by atoms with E-state index in [2.05, 4.69) is 26.8 Å². The Morgan fingerprint density at radius 2 is 1.41 bits per heavy atom. The average molecular weight is 309 g/mol. The highest BCUT2D eigenvalue weighted by Gasteiger charge is 2.17. The van der Waals surface area contributed by atoms with Crippen molar-refractivity contribution in [3.05, 3.63) is 17.7 Å². The molecule has 0 atom stereocenters. The zero-order valence-corrected chi connectivity index (χ0v) is 14.3. The second kappa shape index (κ2) is 11.2. The highest BCUT2D eigenvalue weighted by molar-refractivity contribution is 5.56. The third-order valence-corrected chi connectivity index (χ3v) is 3.17. The van der Waals surface area contributed by atoms with Crippen molar-refractivity contribution in [2.24, 2.45) is 5.73 Å². The Balaban J connectivity index is 3.11. The van der Waals surface area contributed by atoms with E-state index in [-0.39, 0.29) is 0 Å². The first-order valence-electron chi connectivity index (χ1n) is 8.52. The summed E-state index contributed by atoms with van der Waals surface area (Å²) >= 11 is 0. The second-order valence-electron chi connectivity index (χ2n) is 5.32. The van der Waals surface area contributed by atoms with E-state index in [1.54, 1.807) is 0 Å². The van der Waals surface area contributed by atoms with Crippen LogP contribution in [0.2, 0.25) is 0 Å². The summed E-state index contributed by atoms with van der Waals surface area (Å²) in [6.07, 6.45) is 4.71. The number of hydrogen-bond acceptors (Lipinski definition) is 4. The summed E-state index contributed by atoms with van der Waals surface area (Å²) in [6.45, 7) is 8.97. The zero-order valence-electron chi connectivity index (χ0n) is 14.3. The number of rotatable bonds is 12. The highest BCUT2D eigenvalue weighted by atomic mass is 16.5. The van der Waals surface area contributed by atoms with Gasteiger partial charge >= 0.3 is 0 Å². The first kappa shape index (κ1) is 18.6. The fraction of sp³-hybridized carbons (Fsp3) is 0.667. The van der Waals surface area contributed by atoms with Gasteiger partial charge in [-0.05, 0) is 50.3 Å². The topological polar surface area (TPSA) is 53.7 Å². The third kappa shape index (κ3) is 5.76. The van der Waals surface area contributed by atoms with E-state index in [0.29, 0.717) is 26.4 Å². The van der Waals surface area contributed by atoms with Crippen molar-refractivity contribution in [1.82, 2.24) is 0 Å². The van der Waals surface area contributed by atoms with Crippen LogP contribution < -0.4 is 19.9 Å². The normalized spacial score (nSPS) is 10.5. The van der Waals surface area contributed by atoms with Crippen molar-refractivity contribution < 1.29 is 14.2 Å². The lowest BCUT2D eigenvalue weighted by atomic mass is 10.1. The first-order valence-corrected chi connectivity index (χ1v) is 8.52. The van der Waals surface area contributed by atoms with E-state index < -0.39 is 0 Å². The van der Waals surface area contributed by atoms with Gasteiger partial charge in [-0.25, -0.2) is 0 Å². The van der Waals surface area contributed by atoms with E-state index in [1.165, 1.54) is 0 Å². The Bertz CT molecular complexity index is 382. The molecule has 4 nitrogen and oxygen atoms in total. The molecule has 0 amide bonds. The average Bonchev–Trinajstić information content (AvgIpc) is 2.55. The molecule has 0 aliphatic heterocycles. The lowest BCUT2D eigenvalue weighted by molar-refractivity contribution is 0.241. The molecule has 0 saturated carbocycles. The van der Waals surface area contributed by atoms with Gasteiger partial charge in [0.1, 0.15) is 0 Å². The molecule has 0 bridgehead atoms. The summed E-state index contributed by atoms with van der Waals surface area (Å²) in [5, 5.41) is 0. The molecule has 1 rings (SSSR count). The molecule has 4 heteroatoms. The molecule has 126 valence electrons. The number of nitrogens with two attached hydrogens (primary N) is 1. The molecule has 1 aromatic rings. The van der Waals surface area contributed by atoms with Crippen LogP contribution in [0, 0.1) is 0 Å². The smallest absolute Gasteiger partial charge is 0.203 e. The maximum absolute atomic E-state index is 5.99. The van der Waals surface area contributed by atoms with Crippen molar-refractivity contribution in [1.29, 1.82) is 0 Å². The largest absolute Gasteiger partial charge is 0.490 e. The second-order valence-corrected chi connectivity index (χ2v) is 5.32. The lowest BCUT2D eigenvalue weighted by Gasteiger charge is -2.19. The summed E-state index contributed by atoms with van der Waals surface area (Å²) in [7, 11) is 0. The molecule has 2 N–H and O–H groups in total. The summed E-state index contributed by atoms with van der Waals surface area (Å²) in [5.74, 6) is 2.36. The minimum atomic E-state index is 0.658. The fourth-order valence-electron chi connectivity index (χ4n) is 2.10. The van der Waals surface area contributed by atoms with E-state index in [4.69, 9.17) is 19.9 Å². The fourth-order valence-corrected chi connectivity index (χ4v) is 2.10. The minimum absolute atomic E-state index is 0.658. The van der Waals surface area contributed by atoms with E-state index in [0.717, 1.165) is 54.9 Å². The third-order valence-electron chi connectivity index (χ3n) is 3.17. The molecular formula is C18H31NO3. The quantitative estimate of drug-likeness (QED) is 0.635. The van der Waals surface area contributed by atoms with Crippen LogP contribution in [0.3, 0.4) is 0 Å². The standard InChI is InChI=1S/C18H31NO3/c1-4-12-20-16-10-9-15(8-7-11-19)17(21-13-5-2)18(16)22-14-6-3/h9-10H,4-8,11-14,19H2,1-3H3. The molecule has 0 unspecified atom stereocenters. The van der Waals surface area contributed by atoms with Crippen LogP contribution >= 0.6 is 0 Å². The van der Waals surface area contributed by atoms with Gasteiger partial charge in [0.15, 0.2) is 11.5 Å². The van der Waals surface area contributed by atoms with Gasteiger partial charge in [0, 0.05) is 0 Å². The van der Waals surface area contributed by atoms with Crippen molar-refractivity contribution in [3.8, 4) is 17.2 Å². The van der Waals surface area contributed by atoms with Gasteiger partial charge in [0.2, 0.25) is 5.75 Å². The van der Waals surface area contributed by atoms with Gasteiger partial charge < -0.3 is 19.9 Å². The van der Waals surface area contributed by atoms with Crippen LogP contribution in [0.1, 0.15) is 52.0 Å². The monoisotopic (exact) mass is 309 g/mol. The van der Waals surface area contributed by atoms with Crippen LogP contribution in [-0.4, -0.2) is 26.4 Å². The van der Waals surface area contributed by atoms with Crippen LogP contribution in [0.4, 0.5) is 0 Å². The molecule has 0 saturated heterocycles. The maximum Gasteiger partial charge on any atom is 0.203 e. The molecule has 0 spiro atoms. The lowest BCUT2D eigenvalue weighted by Crippen LogP contribution is -2.08. The van der Waals surface area contributed by atoms with Gasteiger partial charge in [-0.2, -0.15) is 0 Å². The van der Waals surface area contributed by atoms with Crippen LogP contribution in [0.5, 0.6) is 17.2 Å². The molecule has 0 aliphatic carbocycles.